The van der Waals surface area contributed by atoms with Gasteiger partial charge in [0.25, 0.3) is 0 Å². The molecule has 0 radical (unpaired) electrons. The van der Waals surface area contributed by atoms with Gasteiger partial charge >= 0.3 is 0 Å². The van der Waals surface area contributed by atoms with Gasteiger partial charge in [0, 0.05) is 5.56 Å². The molecule has 1 N–H and O–H groups in total. The SMILES string of the molecule is CCCCC(CC)C(O)C#Cc1ccc(CC)cc1. The summed E-state index contributed by atoms with van der Waals surface area (Å²) < 4.78 is 0. The number of aliphatic hydroxyl groups is 1. The second-order valence-corrected chi connectivity index (χ2v) is 5.08. The van der Waals surface area contributed by atoms with E-state index in [0.717, 1.165) is 24.8 Å². The summed E-state index contributed by atoms with van der Waals surface area (Å²) in [6.45, 7) is 6.45. The minimum absolute atomic E-state index is 0.308. The van der Waals surface area contributed by atoms with E-state index in [1.54, 1.807) is 0 Å². The van der Waals surface area contributed by atoms with Crippen molar-refractivity contribution in [2.24, 2.45) is 5.92 Å². The van der Waals surface area contributed by atoms with E-state index in [0.29, 0.717) is 5.92 Å². The molecule has 0 heterocycles. The molecule has 0 aliphatic heterocycles. The van der Waals surface area contributed by atoms with Gasteiger partial charge in [0.15, 0.2) is 0 Å². The molecule has 0 amide bonds. The minimum atomic E-state index is -0.498. The van der Waals surface area contributed by atoms with Crippen LogP contribution in [0, 0.1) is 17.8 Å². The number of hydrogen-bond acceptors (Lipinski definition) is 1. The molecule has 2 atom stereocenters. The molecule has 0 aliphatic carbocycles. The largest absolute Gasteiger partial charge is 0.380 e. The number of unbranched alkanes of at least 4 members (excludes halogenated alkanes) is 1. The summed E-state index contributed by atoms with van der Waals surface area (Å²) in [5, 5.41) is 10.1. The van der Waals surface area contributed by atoms with Gasteiger partial charge in [-0.05, 0) is 42.9 Å². The first kappa shape index (κ1) is 15.8. The van der Waals surface area contributed by atoms with Crippen molar-refractivity contribution in [2.75, 3.05) is 0 Å². The molecular formula is C18H26O. The maximum atomic E-state index is 10.1. The van der Waals surface area contributed by atoms with Gasteiger partial charge in [-0.25, -0.2) is 0 Å². The first-order chi connectivity index (χ1) is 9.21. The maximum Gasteiger partial charge on any atom is 0.117 e. The van der Waals surface area contributed by atoms with Crippen LogP contribution in [0.15, 0.2) is 24.3 Å². The van der Waals surface area contributed by atoms with Crippen LogP contribution in [-0.4, -0.2) is 11.2 Å². The van der Waals surface area contributed by atoms with Gasteiger partial charge in [-0.2, -0.15) is 0 Å². The lowest BCUT2D eigenvalue weighted by Gasteiger charge is -2.16. The molecular weight excluding hydrogens is 232 g/mol. The molecule has 0 bridgehead atoms. The normalized spacial score (nSPS) is 13.5. The molecule has 19 heavy (non-hydrogen) atoms. The topological polar surface area (TPSA) is 20.2 Å². The van der Waals surface area contributed by atoms with Crippen LogP contribution in [0.1, 0.15) is 57.6 Å². The summed E-state index contributed by atoms with van der Waals surface area (Å²) in [4.78, 5) is 0. The Hall–Kier alpha value is -1.26. The molecule has 2 unspecified atom stereocenters. The fourth-order valence-electron chi connectivity index (χ4n) is 2.15. The lowest BCUT2D eigenvalue weighted by Crippen LogP contribution is -2.17. The average molecular weight is 258 g/mol. The van der Waals surface area contributed by atoms with Crippen LogP contribution in [0.5, 0.6) is 0 Å². The Bertz CT molecular complexity index is 408. The van der Waals surface area contributed by atoms with Crippen LogP contribution in [0.25, 0.3) is 0 Å². The van der Waals surface area contributed by atoms with E-state index in [-0.39, 0.29) is 0 Å². The van der Waals surface area contributed by atoms with Gasteiger partial charge in [0.1, 0.15) is 6.10 Å². The van der Waals surface area contributed by atoms with Crippen LogP contribution >= 0.6 is 0 Å². The average Bonchev–Trinajstić information content (AvgIpc) is 2.46. The van der Waals surface area contributed by atoms with Crippen molar-refractivity contribution in [2.45, 2.75) is 59.0 Å². The lowest BCUT2D eigenvalue weighted by molar-refractivity contribution is 0.150. The van der Waals surface area contributed by atoms with Crippen molar-refractivity contribution < 1.29 is 5.11 Å². The summed E-state index contributed by atoms with van der Waals surface area (Å²) >= 11 is 0. The van der Waals surface area contributed by atoms with Crippen molar-refractivity contribution in [1.29, 1.82) is 0 Å². The van der Waals surface area contributed by atoms with E-state index in [4.69, 9.17) is 0 Å². The predicted molar refractivity (Wildman–Crippen MR) is 82.0 cm³/mol. The van der Waals surface area contributed by atoms with Crippen LogP contribution < -0.4 is 0 Å². The Labute approximate surface area is 118 Å². The standard InChI is InChI=1S/C18H26O/c1-4-7-8-17(6-3)18(19)14-13-16-11-9-15(5-2)10-12-16/h9-12,17-19H,4-8H2,1-3H3. The van der Waals surface area contributed by atoms with Crippen LogP contribution in [0.3, 0.4) is 0 Å². The molecule has 0 saturated heterocycles. The molecule has 1 aromatic carbocycles. The number of aliphatic hydroxyl groups excluding tert-OH is 1. The van der Waals surface area contributed by atoms with E-state index in [9.17, 15) is 5.11 Å². The van der Waals surface area contributed by atoms with Gasteiger partial charge in [-0.1, -0.05) is 57.6 Å². The second kappa shape index (κ2) is 8.77. The van der Waals surface area contributed by atoms with Crippen LogP contribution in [0.2, 0.25) is 0 Å². The zero-order chi connectivity index (χ0) is 14.1. The van der Waals surface area contributed by atoms with Crippen molar-refractivity contribution >= 4 is 0 Å². The highest BCUT2D eigenvalue weighted by molar-refractivity contribution is 5.36. The predicted octanol–water partition coefficient (Wildman–Crippen LogP) is 4.18. The minimum Gasteiger partial charge on any atom is -0.380 e. The number of rotatable bonds is 6. The number of aryl methyl sites for hydroxylation is 1. The Kier molecular flexibility index (Phi) is 7.30. The third-order valence-electron chi connectivity index (χ3n) is 3.63. The first-order valence-electron chi connectivity index (χ1n) is 7.49. The second-order valence-electron chi connectivity index (χ2n) is 5.08. The Morgan fingerprint density at radius 1 is 1.11 bits per heavy atom. The molecule has 1 heteroatoms. The third kappa shape index (κ3) is 5.49. The zero-order valence-electron chi connectivity index (χ0n) is 12.4. The molecule has 0 fully saturated rings. The molecule has 0 aliphatic rings. The molecule has 0 spiro atoms. The summed E-state index contributed by atoms with van der Waals surface area (Å²) in [6, 6.07) is 8.27. The Balaban J connectivity index is 2.63. The van der Waals surface area contributed by atoms with E-state index < -0.39 is 6.10 Å². The highest BCUT2D eigenvalue weighted by Gasteiger charge is 2.13. The van der Waals surface area contributed by atoms with E-state index >= 15 is 0 Å². The fourth-order valence-corrected chi connectivity index (χ4v) is 2.15. The van der Waals surface area contributed by atoms with Crippen molar-refractivity contribution in [3.8, 4) is 11.8 Å². The smallest absolute Gasteiger partial charge is 0.117 e. The van der Waals surface area contributed by atoms with Crippen molar-refractivity contribution in [1.82, 2.24) is 0 Å². The highest BCUT2D eigenvalue weighted by atomic mass is 16.3. The molecule has 0 saturated carbocycles. The molecule has 1 rings (SSSR count). The van der Waals surface area contributed by atoms with Crippen molar-refractivity contribution in [3.05, 3.63) is 35.4 Å². The molecule has 1 nitrogen and oxygen atoms in total. The van der Waals surface area contributed by atoms with E-state index in [2.05, 4.69) is 44.7 Å². The van der Waals surface area contributed by atoms with Gasteiger partial charge in [0.2, 0.25) is 0 Å². The van der Waals surface area contributed by atoms with E-state index in [1.165, 1.54) is 18.4 Å². The number of hydrogen-bond donors (Lipinski definition) is 1. The Morgan fingerprint density at radius 3 is 2.32 bits per heavy atom. The third-order valence-corrected chi connectivity index (χ3v) is 3.63. The van der Waals surface area contributed by atoms with Gasteiger partial charge in [0.05, 0.1) is 0 Å². The fraction of sp³-hybridized carbons (Fsp3) is 0.556. The Morgan fingerprint density at radius 2 is 1.79 bits per heavy atom. The van der Waals surface area contributed by atoms with Gasteiger partial charge < -0.3 is 5.11 Å². The van der Waals surface area contributed by atoms with Crippen LogP contribution in [-0.2, 0) is 6.42 Å². The van der Waals surface area contributed by atoms with Crippen molar-refractivity contribution in [3.63, 3.8) is 0 Å². The summed E-state index contributed by atoms with van der Waals surface area (Å²) in [7, 11) is 0. The summed E-state index contributed by atoms with van der Waals surface area (Å²) in [5.41, 5.74) is 2.31. The molecule has 1 aromatic rings. The lowest BCUT2D eigenvalue weighted by atomic mass is 9.93. The van der Waals surface area contributed by atoms with Gasteiger partial charge in [-0.15, -0.1) is 0 Å². The zero-order valence-corrected chi connectivity index (χ0v) is 12.4. The molecule has 0 aromatic heterocycles. The van der Waals surface area contributed by atoms with Gasteiger partial charge in [-0.3, -0.25) is 0 Å². The quantitative estimate of drug-likeness (QED) is 0.759. The summed E-state index contributed by atoms with van der Waals surface area (Å²) in [6.07, 6.45) is 4.95. The highest BCUT2D eigenvalue weighted by Crippen LogP contribution is 2.16. The van der Waals surface area contributed by atoms with Crippen LogP contribution in [0.4, 0.5) is 0 Å². The number of benzene rings is 1. The monoisotopic (exact) mass is 258 g/mol. The summed E-state index contributed by atoms with van der Waals surface area (Å²) in [5.74, 6) is 6.40. The first-order valence-corrected chi connectivity index (χ1v) is 7.49. The maximum absolute atomic E-state index is 10.1. The molecule has 104 valence electrons. The van der Waals surface area contributed by atoms with E-state index in [1.807, 2.05) is 12.1 Å².